The number of benzene rings is 2. The topological polar surface area (TPSA) is 135 Å². The molecule has 0 spiro atoms. The summed E-state index contributed by atoms with van der Waals surface area (Å²) in [4.78, 5) is 48.8. The first kappa shape index (κ1) is 25.1. The minimum Gasteiger partial charge on any atom is -0.463 e. The quantitative estimate of drug-likeness (QED) is 0.284. The van der Waals surface area contributed by atoms with Gasteiger partial charge in [-0.3, -0.25) is 19.2 Å². The zero-order valence-electron chi connectivity index (χ0n) is 25.2. The molecule has 5 atom stereocenters. The molecule has 1 aliphatic heterocycles. The molecule has 0 aliphatic carbocycles. The monoisotopic (exact) mass is 576 g/mol. The molecule has 0 bridgehead atoms. The van der Waals surface area contributed by atoms with Crippen molar-refractivity contribution in [2.45, 2.75) is 64.2 Å². The number of carbonyl (C=O) groups is 4. The van der Waals surface area contributed by atoms with Crippen LogP contribution < -0.4 is 0 Å². The number of ether oxygens (including phenoxy) is 5. The summed E-state index contributed by atoms with van der Waals surface area (Å²) >= 11 is 6.47. The molecule has 2 aromatic rings. The first-order valence-electron chi connectivity index (χ1n) is 14.5. The Morgan fingerprint density at radius 2 is 1.60 bits per heavy atom. The predicted octanol–water partition coefficient (Wildman–Crippen LogP) is 2.81. The lowest BCUT2D eigenvalue weighted by atomic mass is 9.86. The van der Waals surface area contributed by atoms with Gasteiger partial charge in [0.2, 0.25) is 11.9 Å². The van der Waals surface area contributed by atoms with Gasteiger partial charge in [0.25, 0.3) is 0 Å². The van der Waals surface area contributed by atoms with Crippen molar-refractivity contribution in [3.05, 3.63) is 69.7 Å². The van der Waals surface area contributed by atoms with E-state index in [4.69, 9.17) is 47.2 Å². The fourth-order valence-electron chi connectivity index (χ4n) is 4.24. The van der Waals surface area contributed by atoms with Crippen LogP contribution in [0.15, 0.2) is 42.5 Å². The molecule has 0 saturated carbocycles. The normalized spacial score (nSPS) is 25.1. The lowest BCUT2D eigenvalue weighted by molar-refractivity contribution is -0.360. The van der Waals surface area contributed by atoms with Crippen molar-refractivity contribution in [3.8, 4) is 12.3 Å². The van der Waals surface area contributed by atoms with Crippen molar-refractivity contribution in [3.63, 3.8) is 0 Å². The molecule has 11 heteroatoms. The standard InChI is InChI=1S/C29H29ClO10/c1-6-20-7-9-21(10-8-20)13-22-14-23(11-12-24(22)30)29(35)28(39-19(5)34)27(38-18(4)33)26(37-17(3)32)25(40-29)15-36-16(2)31/h1,7-12,14,25-28,35H,13,15H2,2-5H3/t25-,26-,27+,28-,29?/m1/s1/i2D,3D,4D,5D. The second-order valence-corrected chi connectivity index (χ2v) is 9.09. The summed E-state index contributed by atoms with van der Waals surface area (Å²) in [6.07, 6.45) is -1.52. The Morgan fingerprint density at radius 1 is 0.975 bits per heavy atom. The Kier molecular flexibility index (Phi) is 8.13. The van der Waals surface area contributed by atoms with Crippen LogP contribution in [0, 0.1) is 12.3 Å². The van der Waals surface area contributed by atoms with Crippen molar-refractivity contribution in [1.82, 2.24) is 0 Å². The zero-order chi connectivity index (χ0) is 32.4. The Morgan fingerprint density at radius 3 is 2.23 bits per heavy atom. The van der Waals surface area contributed by atoms with E-state index in [1.807, 2.05) is 0 Å². The first-order chi connectivity index (χ1) is 21.0. The van der Waals surface area contributed by atoms with E-state index < -0.39 is 88.3 Å². The summed E-state index contributed by atoms with van der Waals surface area (Å²) in [5, 5.41) is 12.4. The number of halogens is 1. The third kappa shape index (κ3) is 7.39. The molecule has 0 aromatic heterocycles. The molecular weight excluding hydrogens is 544 g/mol. The van der Waals surface area contributed by atoms with Crippen molar-refractivity contribution in [2.75, 3.05) is 6.61 Å². The highest BCUT2D eigenvalue weighted by Gasteiger charge is 2.60. The first-order valence-corrected chi connectivity index (χ1v) is 12.0. The third-order valence-corrected chi connectivity index (χ3v) is 6.25. The van der Waals surface area contributed by atoms with Gasteiger partial charge in [0.05, 0.1) is 0 Å². The molecule has 1 saturated heterocycles. The molecule has 40 heavy (non-hydrogen) atoms. The van der Waals surface area contributed by atoms with Crippen molar-refractivity contribution in [1.29, 1.82) is 0 Å². The van der Waals surface area contributed by atoms with Gasteiger partial charge in [0.1, 0.15) is 12.7 Å². The van der Waals surface area contributed by atoms with Crippen molar-refractivity contribution in [2.24, 2.45) is 0 Å². The molecule has 212 valence electrons. The van der Waals surface area contributed by atoms with E-state index in [-0.39, 0.29) is 17.0 Å². The van der Waals surface area contributed by atoms with Gasteiger partial charge in [-0.1, -0.05) is 35.7 Å². The van der Waals surface area contributed by atoms with Crippen LogP contribution in [-0.2, 0) is 55.1 Å². The molecule has 1 fully saturated rings. The van der Waals surface area contributed by atoms with Crippen LogP contribution in [-0.4, -0.2) is 60.0 Å². The van der Waals surface area contributed by atoms with E-state index in [9.17, 15) is 24.3 Å². The molecule has 0 amide bonds. The van der Waals surface area contributed by atoms with E-state index in [0.717, 1.165) is 5.56 Å². The van der Waals surface area contributed by atoms with Gasteiger partial charge in [-0.2, -0.15) is 0 Å². The summed E-state index contributed by atoms with van der Waals surface area (Å²) < 4.78 is 56.3. The van der Waals surface area contributed by atoms with E-state index in [2.05, 4.69) is 5.92 Å². The minimum atomic E-state index is -2.70. The van der Waals surface area contributed by atoms with Crippen LogP contribution in [0.25, 0.3) is 0 Å². The van der Waals surface area contributed by atoms with E-state index in [1.54, 1.807) is 24.3 Å². The molecule has 3 rings (SSSR count). The lowest BCUT2D eigenvalue weighted by Gasteiger charge is -2.48. The number of hydrogen-bond donors (Lipinski definition) is 1. The van der Waals surface area contributed by atoms with E-state index in [1.165, 1.54) is 18.2 Å². The highest BCUT2D eigenvalue weighted by molar-refractivity contribution is 6.31. The van der Waals surface area contributed by atoms with Crippen LogP contribution in [0.3, 0.4) is 0 Å². The van der Waals surface area contributed by atoms with Gasteiger partial charge < -0.3 is 28.8 Å². The lowest BCUT2D eigenvalue weighted by Crippen LogP contribution is -2.66. The summed E-state index contributed by atoms with van der Waals surface area (Å²) in [6.45, 7) is -4.24. The molecule has 0 radical (unpaired) electrons. The highest BCUT2D eigenvalue weighted by Crippen LogP contribution is 2.42. The number of hydrogen-bond acceptors (Lipinski definition) is 10. The number of aliphatic hydroxyl groups is 1. The maximum Gasteiger partial charge on any atom is 0.303 e. The number of terminal acetylenes is 1. The summed E-state index contributed by atoms with van der Waals surface area (Å²) in [6, 6.07) is 11.2. The minimum absolute atomic E-state index is 0.0751. The average molecular weight is 577 g/mol. The molecule has 1 aliphatic rings. The zero-order valence-corrected chi connectivity index (χ0v) is 21.9. The van der Waals surface area contributed by atoms with Crippen molar-refractivity contribution >= 4 is 35.5 Å². The maximum atomic E-state index is 12.4. The highest BCUT2D eigenvalue weighted by atomic mass is 35.5. The number of esters is 4. The van der Waals surface area contributed by atoms with Gasteiger partial charge in [-0.05, 0) is 41.8 Å². The third-order valence-electron chi connectivity index (χ3n) is 5.88. The SMILES string of the molecule is [2H]CC(=O)OC[C@H]1OC(O)(c2ccc(Cl)c(Cc3ccc(C#C)cc3)c2)[C@H](OC(=O)C[2H])[C@@H](OC(=O)C[2H])[C@@H]1OC(=O)C[2H]. The van der Waals surface area contributed by atoms with Crippen LogP contribution in [0.1, 0.15) is 55.3 Å². The Bertz CT molecular complexity index is 1400. The number of carbonyl (C=O) groups excluding carboxylic acids is 4. The number of rotatable bonds is 8. The molecule has 2 aromatic carbocycles. The molecule has 10 nitrogen and oxygen atoms in total. The average Bonchev–Trinajstić information content (AvgIpc) is 3.03. The van der Waals surface area contributed by atoms with Crippen LogP contribution >= 0.6 is 11.6 Å². The van der Waals surface area contributed by atoms with Crippen LogP contribution in [0.5, 0.6) is 0 Å². The maximum absolute atomic E-state index is 12.4. The summed E-state index contributed by atoms with van der Waals surface area (Å²) in [7, 11) is 0. The Balaban J connectivity index is 2.17. The van der Waals surface area contributed by atoms with Gasteiger partial charge in [0.15, 0.2) is 12.2 Å². The van der Waals surface area contributed by atoms with Crippen LogP contribution in [0.2, 0.25) is 5.02 Å². The van der Waals surface area contributed by atoms with Crippen LogP contribution in [0.4, 0.5) is 0 Å². The van der Waals surface area contributed by atoms with Gasteiger partial charge in [-0.15, -0.1) is 6.42 Å². The molecule has 1 heterocycles. The smallest absolute Gasteiger partial charge is 0.303 e. The Labute approximate surface area is 242 Å². The van der Waals surface area contributed by atoms with Crippen molar-refractivity contribution < 1.29 is 53.5 Å². The fourth-order valence-corrected chi connectivity index (χ4v) is 4.43. The van der Waals surface area contributed by atoms with E-state index in [0.29, 0.717) is 11.1 Å². The molecule has 1 unspecified atom stereocenters. The summed E-state index contributed by atoms with van der Waals surface area (Å²) in [5.74, 6) is -4.68. The largest absolute Gasteiger partial charge is 0.463 e. The fraction of sp³-hybridized carbons (Fsp3) is 0.379. The van der Waals surface area contributed by atoms with E-state index >= 15 is 0 Å². The van der Waals surface area contributed by atoms with Gasteiger partial charge in [-0.25, -0.2) is 0 Å². The predicted molar refractivity (Wildman–Crippen MR) is 141 cm³/mol. The second-order valence-electron chi connectivity index (χ2n) is 8.68. The molecular formula is C29H29ClO10. The molecule has 1 N–H and O–H groups in total. The second kappa shape index (κ2) is 13.0. The Hall–Kier alpha value is -3.91. The summed E-state index contributed by atoms with van der Waals surface area (Å²) in [5.41, 5.74) is 1.85. The van der Waals surface area contributed by atoms with Gasteiger partial charge in [0, 0.05) is 49.2 Å². The van der Waals surface area contributed by atoms with Gasteiger partial charge >= 0.3 is 23.9 Å².